The van der Waals surface area contributed by atoms with Gasteiger partial charge in [-0.1, -0.05) is 62.7 Å². The number of halogens is 2. The van der Waals surface area contributed by atoms with Crippen molar-refractivity contribution >= 4 is 29.0 Å². The standard InChI is InChI=1S/C20H32Cl2O/c1-3-5-15-7-11-18(12-8-15)17(23)19(20(18,21)22)13-9-16(6-4-2)10-14-19/h15-16H,3-14H2,1-2H3/t15?,16?,18-,19-. The van der Waals surface area contributed by atoms with Crippen LogP contribution in [0.4, 0.5) is 0 Å². The molecule has 3 aliphatic rings. The van der Waals surface area contributed by atoms with Gasteiger partial charge in [0.05, 0.1) is 10.8 Å². The van der Waals surface area contributed by atoms with Crippen LogP contribution < -0.4 is 0 Å². The van der Waals surface area contributed by atoms with Crippen molar-refractivity contribution in [2.24, 2.45) is 22.7 Å². The van der Waals surface area contributed by atoms with Crippen LogP contribution in [0.25, 0.3) is 0 Å². The molecule has 2 spiro atoms. The van der Waals surface area contributed by atoms with Gasteiger partial charge < -0.3 is 0 Å². The molecule has 132 valence electrons. The van der Waals surface area contributed by atoms with Crippen molar-refractivity contribution in [2.45, 2.75) is 95.2 Å². The van der Waals surface area contributed by atoms with Gasteiger partial charge >= 0.3 is 0 Å². The second-order valence-electron chi connectivity index (χ2n) is 8.53. The topological polar surface area (TPSA) is 17.1 Å². The Bertz CT molecular complexity index is 403. The van der Waals surface area contributed by atoms with E-state index in [1.165, 1.54) is 25.7 Å². The number of carbonyl (C=O) groups is 1. The van der Waals surface area contributed by atoms with Crippen LogP contribution in [0.1, 0.15) is 90.9 Å². The minimum absolute atomic E-state index is 0.419. The predicted octanol–water partition coefficient (Wildman–Crippen LogP) is 6.70. The van der Waals surface area contributed by atoms with Crippen LogP contribution in [0.5, 0.6) is 0 Å². The molecule has 0 N–H and O–H groups in total. The Morgan fingerprint density at radius 2 is 1.17 bits per heavy atom. The Kier molecular flexibility index (Phi) is 5.12. The van der Waals surface area contributed by atoms with Gasteiger partial charge in [-0.05, 0) is 63.2 Å². The molecule has 0 aliphatic heterocycles. The molecule has 3 heteroatoms. The van der Waals surface area contributed by atoms with Gasteiger partial charge in [-0.3, -0.25) is 4.79 Å². The smallest absolute Gasteiger partial charge is 0.151 e. The van der Waals surface area contributed by atoms with Gasteiger partial charge in [0.25, 0.3) is 0 Å². The minimum atomic E-state index is -0.814. The highest BCUT2D eigenvalue weighted by atomic mass is 35.5. The Morgan fingerprint density at radius 1 is 0.826 bits per heavy atom. The number of ketones is 1. The zero-order valence-corrected chi connectivity index (χ0v) is 16.3. The molecule has 0 aromatic rings. The fourth-order valence-corrected chi connectivity index (χ4v) is 7.05. The van der Waals surface area contributed by atoms with Gasteiger partial charge in [-0.15, -0.1) is 0 Å². The molecule has 0 atom stereocenters. The molecule has 0 amide bonds. The van der Waals surface area contributed by atoms with Crippen LogP contribution in [0, 0.1) is 22.7 Å². The van der Waals surface area contributed by atoms with E-state index in [1.54, 1.807) is 0 Å². The number of hydrogen-bond donors (Lipinski definition) is 0. The first kappa shape index (κ1) is 18.1. The van der Waals surface area contributed by atoms with Gasteiger partial charge in [-0.2, -0.15) is 0 Å². The fraction of sp³-hybridized carbons (Fsp3) is 0.950. The monoisotopic (exact) mass is 358 g/mol. The van der Waals surface area contributed by atoms with Crippen molar-refractivity contribution in [1.29, 1.82) is 0 Å². The zero-order chi connectivity index (χ0) is 16.7. The Morgan fingerprint density at radius 3 is 1.43 bits per heavy atom. The average Bonchev–Trinajstić information content (AvgIpc) is 2.56. The van der Waals surface area contributed by atoms with Gasteiger partial charge in [0.15, 0.2) is 5.78 Å². The molecule has 3 aliphatic carbocycles. The second kappa shape index (κ2) is 6.52. The van der Waals surface area contributed by atoms with E-state index in [2.05, 4.69) is 13.8 Å². The summed E-state index contributed by atoms with van der Waals surface area (Å²) in [6.45, 7) is 4.49. The Balaban J connectivity index is 1.70. The lowest BCUT2D eigenvalue weighted by Crippen LogP contribution is -2.74. The van der Waals surface area contributed by atoms with Crippen LogP contribution in [0.15, 0.2) is 0 Å². The molecule has 0 unspecified atom stereocenters. The molecule has 0 aromatic heterocycles. The molecule has 0 bridgehead atoms. The van der Waals surface area contributed by atoms with Crippen molar-refractivity contribution in [3.8, 4) is 0 Å². The normalized spacial score (nSPS) is 42.9. The Hall–Kier alpha value is 0.250. The average molecular weight is 359 g/mol. The lowest BCUT2D eigenvalue weighted by molar-refractivity contribution is -0.172. The molecular weight excluding hydrogens is 327 g/mol. The maximum absolute atomic E-state index is 13.3. The molecule has 0 saturated heterocycles. The first-order valence-electron chi connectivity index (χ1n) is 9.86. The fourth-order valence-electron chi connectivity index (χ4n) is 5.96. The molecule has 0 heterocycles. The maximum atomic E-state index is 13.3. The van der Waals surface area contributed by atoms with E-state index in [0.29, 0.717) is 5.78 Å². The summed E-state index contributed by atoms with van der Waals surface area (Å²) in [5, 5.41) is 0. The summed E-state index contributed by atoms with van der Waals surface area (Å²) in [5.74, 6) is 1.98. The summed E-state index contributed by atoms with van der Waals surface area (Å²) in [7, 11) is 0. The van der Waals surface area contributed by atoms with Crippen LogP contribution in [-0.4, -0.2) is 10.1 Å². The molecule has 3 rings (SSSR count). The maximum Gasteiger partial charge on any atom is 0.151 e. The van der Waals surface area contributed by atoms with Gasteiger partial charge in [0.2, 0.25) is 0 Å². The van der Waals surface area contributed by atoms with Crippen molar-refractivity contribution in [1.82, 2.24) is 0 Å². The molecule has 0 aromatic carbocycles. The van der Waals surface area contributed by atoms with Crippen LogP contribution in [0.3, 0.4) is 0 Å². The lowest BCUT2D eigenvalue weighted by atomic mass is 9.42. The van der Waals surface area contributed by atoms with Crippen LogP contribution in [0.2, 0.25) is 0 Å². The molecule has 0 radical (unpaired) electrons. The van der Waals surface area contributed by atoms with Gasteiger partial charge in [0, 0.05) is 0 Å². The van der Waals surface area contributed by atoms with E-state index in [4.69, 9.17) is 23.2 Å². The van der Waals surface area contributed by atoms with Crippen LogP contribution >= 0.6 is 23.2 Å². The zero-order valence-electron chi connectivity index (χ0n) is 14.8. The van der Waals surface area contributed by atoms with Crippen molar-refractivity contribution < 1.29 is 4.79 Å². The van der Waals surface area contributed by atoms with E-state index < -0.39 is 15.2 Å². The highest BCUT2D eigenvalue weighted by Crippen LogP contribution is 2.74. The van der Waals surface area contributed by atoms with E-state index in [1.807, 2.05) is 0 Å². The number of alkyl halides is 2. The first-order chi connectivity index (χ1) is 10.9. The molecule has 1 nitrogen and oxygen atoms in total. The third-order valence-corrected chi connectivity index (χ3v) is 8.83. The minimum Gasteiger partial charge on any atom is -0.298 e. The largest absolute Gasteiger partial charge is 0.298 e. The number of hydrogen-bond acceptors (Lipinski definition) is 1. The van der Waals surface area contributed by atoms with E-state index in [9.17, 15) is 4.79 Å². The number of Topliss-reactive ketones (excluding diaryl/α,β-unsaturated/α-hetero) is 1. The highest BCUT2D eigenvalue weighted by Gasteiger charge is 2.78. The summed E-state index contributed by atoms with van der Waals surface area (Å²) < 4.78 is -0.814. The molecular formula is C20H32Cl2O. The summed E-state index contributed by atoms with van der Waals surface area (Å²) in [6.07, 6.45) is 13.3. The number of carbonyl (C=O) groups excluding carboxylic acids is 1. The summed E-state index contributed by atoms with van der Waals surface area (Å²) in [4.78, 5) is 13.3. The van der Waals surface area contributed by atoms with E-state index >= 15 is 0 Å². The number of rotatable bonds is 4. The van der Waals surface area contributed by atoms with E-state index in [0.717, 1.165) is 63.2 Å². The summed E-state index contributed by atoms with van der Waals surface area (Å²) in [6, 6.07) is 0. The van der Waals surface area contributed by atoms with Crippen molar-refractivity contribution in [3.63, 3.8) is 0 Å². The van der Waals surface area contributed by atoms with Crippen LogP contribution in [-0.2, 0) is 4.79 Å². The quantitative estimate of drug-likeness (QED) is 0.511. The van der Waals surface area contributed by atoms with E-state index in [-0.39, 0.29) is 0 Å². The predicted molar refractivity (Wildman–Crippen MR) is 98.0 cm³/mol. The highest BCUT2D eigenvalue weighted by molar-refractivity contribution is 6.55. The lowest BCUT2D eigenvalue weighted by Gasteiger charge is -2.67. The SMILES string of the molecule is CCCC1CC[C@]2(CC1)C(=O)[C@@]1(CCC(CCC)CC1)C2(Cl)Cl. The van der Waals surface area contributed by atoms with Gasteiger partial charge in [0.1, 0.15) is 4.33 Å². The van der Waals surface area contributed by atoms with Crippen molar-refractivity contribution in [3.05, 3.63) is 0 Å². The molecule has 3 fully saturated rings. The third-order valence-electron chi connectivity index (χ3n) is 7.38. The molecule has 3 saturated carbocycles. The van der Waals surface area contributed by atoms with Gasteiger partial charge in [-0.25, -0.2) is 0 Å². The third kappa shape index (κ3) is 2.51. The van der Waals surface area contributed by atoms with Crippen molar-refractivity contribution in [2.75, 3.05) is 0 Å². The summed E-state index contributed by atoms with van der Waals surface area (Å²) in [5.41, 5.74) is -0.837. The second-order valence-corrected chi connectivity index (χ2v) is 9.86. The Labute approximate surface area is 151 Å². The molecule has 23 heavy (non-hydrogen) atoms. The summed E-state index contributed by atoms with van der Waals surface area (Å²) >= 11 is 13.9. The first-order valence-corrected chi connectivity index (χ1v) is 10.6.